The number of rotatable bonds is 3. The van der Waals surface area contributed by atoms with E-state index in [1.807, 2.05) is 25.1 Å². The molecule has 0 saturated carbocycles. The van der Waals surface area contributed by atoms with E-state index in [1.54, 1.807) is 30.3 Å². The van der Waals surface area contributed by atoms with E-state index in [0.717, 1.165) is 0 Å². The summed E-state index contributed by atoms with van der Waals surface area (Å²) in [5.74, 6) is 0.661. The topological polar surface area (TPSA) is 9.23 Å². The molecule has 0 aliphatic carbocycles. The highest BCUT2D eigenvalue weighted by atomic mass is 19.1. The van der Waals surface area contributed by atoms with Crippen molar-refractivity contribution in [3.63, 3.8) is 0 Å². The highest BCUT2D eigenvalue weighted by Gasteiger charge is 2.07. The number of hydrogen-bond acceptors (Lipinski definition) is 1. The smallest absolute Gasteiger partial charge is 0.168 e. The summed E-state index contributed by atoms with van der Waals surface area (Å²) in [5.41, 5.74) is 0.674. The normalized spacial score (nSPS) is 10.1. The second kappa shape index (κ2) is 4.79. The van der Waals surface area contributed by atoms with Gasteiger partial charge in [0.15, 0.2) is 11.6 Å². The molecule has 0 bridgehead atoms. The SMILES string of the molecule is CCc1cccc(Oc2ccccc2)c1F. The van der Waals surface area contributed by atoms with Gasteiger partial charge in [-0.3, -0.25) is 0 Å². The molecule has 0 fully saturated rings. The molecule has 16 heavy (non-hydrogen) atoms. The average molecular weight is 216 g/mol. The molecule has 0 amide bonds. The zero-order valence-electron chi connectivity index (χ0n) is 9.11. The maximum Gasteiger partial charge on any atom is 0.168 e. The lowest BCUT2D eigenvalue weighted by Gasteiger charge is -2.08. The Hall–Kier alpha value is -1.83. The van der Waals surface area contributed by atoms with Gasteiger partial charge >= 0.3 is 0 Å². The van der Waals surface area contributed by atoms with Gasteiger partial charge in [-0.1, -0.05) is 37.3 Å². The number of ether oxygens (including phenoxy) is 1. The summed E-state index contributed by atoms with van der Waals surface area (Å²) in [4.78, 5) is 0. The molecule has 1 nitrogen and oxygen atoms in total. The Morgan fingerprint density at radius 1 is 1.00 bits per heavy atom. The molecule has 2 rings (SSSR count). The molecule has 0 radical (unpaired) electrons. The van der Waals surface area contributed by atoms with Crippen LogP contribution in [0.2, 0.25) is 0 Å². The van der Waals surface area contributed by atoms with E-state index in [4.69, 9.17) is 4.74 Å². The van der Waals surface area contributed by atoms with Crippen molar-refractivity contribution in [2.45, 2.75) is 13.3 Å². The van der Waals surface area contributed by atoms with Crippen molar-refractivity contribution >= 4 is 0 Å². The lowest BCUT2D eigenvalue weighted by Crippen LogP contribution is -1.92. The predicted molar refractivity (Wildman–Crippen MR) is 62.3 cm³/mol. The van der Waals surface area contributed by atoms with E-state index >= 15 is 0 Å². The number of benzene rings is 2. The van der Waals surface area contributed by atoms with Crippen LogP contribution in [0, 0.1) is 5.82 Å². The van der Waals surface area contributed by atoms with Crippen LogP contribution in [-0.4, -0.2) is 0 Å². The first-order chi connectivity index (χ1) is 7.81. The van der Waals surface area contributed by atoms with Crippen LogP contribution in [0.25, 0.3) is 0 Å². The van der Waals surface area contributed by atoms with E-state index in [1.165, 1.54) is 0 Å². The fourth-order valence-electron chi connectivity index (χ4n) is 1.52. The number of para-hydroxylation sites is 1. The van der Waals surface area contributed by atoms with Gasteiger partial charge in [0.1, 0.15) is 5.75 Å². The zero-order chi connectivity index (χ0) is 11.4. The lowest BCUT2D eigenvalue weighted by atomic mass is 10.1. The molecule has 0 atom stereocenters. The molecule has 0 unspecified atom stereocenters. The number of halogens is 1. The van der Waals surface area contributed by atoms with Gasteiger partial charge in [0.25, 0.3) is 0 Å². The van der Waals surface area contributed by atoms with Gasteiger partial charge in [0, 0.05) is 0 Å². The molecule has 2 aromatic rings. The standard InChI is InChI=1S/C14H13FO/c1-2-11-7-6-10-13(14(11)15)16-12-8-4-3-5-9-12/h3-10H,2H2,1H3. The number of hydrogen-bond donors (Lipinski definition) is 0. The highest BCUT2D eigenvalue weighted by Crippen LogP contribution is 2.26. The Morgan fingerprint density at radius 2 is 1.75 bits per heavy atom. The van der Waals surface area contributed by atoms with Gasteiger partial charge in [-0.15, -0.1) is 0 Å². The third-order valence-electron chi connectivity index (χ3n) is 2.40. The first-order valence-electron chi connectivity index (χ1n) is 5.31. The molecule has 0 aliphatic rings. The molecule has 82 valence electrons. The van der Waals surface area contributed by atoms with E-state index in [2.05, 4.69) is 0 Å². The minimum Gasteiger partial charge on any atom is -0.454 e. The minimum absolute atomic E-state index is 0.270. The Bertz CT molecular complexity index is 465. The van der Waals surface area contributed by atoms with Crippen molar-refractivity contribution in [3.8, 4) is 11.5 Å². The van der Waals surface area contributed by atoms with Gasteiger partial charge in [0.2, 0.25) is 0 Å². The van der Waals surface area contributed by atoms with Crippen molar-refractivity contribution in [2.75, 3.05) is 0 Å². The molecule has 0 spiro atoms. The maximum atomic E-state index is 13.8. The van der Waals surface area contributed by atoms with Crippen molar-refractivity contribution in [1.29, 1.82) is 0 Å². The van der Waals surface area contributed by atoms with Crippen molar-refractivity contribution in [2.24, 2.45) is 0 Å². The van der Waals surface area contributed by atoms with Gasteiger partial charge in [0.05, 0.1) is 0 Å². The van der Waals surface area contributed by atoms with Crippen LogP contribution in [0.4, 0.5) is 4.39 Å². The molecule has 0 heterocycles. The second-order valence-electron chi connectivity index (χ2n) is 3.50. The molecule has 0 N–H and O–H groups in total. The van der Waals surface area contributed by atoms with Gasteiger partial charge in [-0.2, -0.15) is 0 Å². The fourth-order valence-corrected chi connectivity index (χ4v) is 1.52. The van der Waals surface area contributed by atoms with Crippen LogP contribution in [-0.2, 0) is 6.42 Å². The molecule has 0 saturated heterocycles. The highest BCUT2D eigenvalue weighted by molar-refractivity contribution is 5.35. The van der Waals surface area contributed by atoms with Gasteiger partial charge < -0.3 is 4.74 Å². The Kier molecular flexibility index (Phi) is 3.20. The Balaban J connectivity index is 2.28. The van der Waals surface area contributed by atoms with Crippen molar-refractivity contribution < 1.29 is 9.13 Å². The third-order valence-corrected chi connectivity index (χ3v) is 2.40. The van der Waals surface area contributed by atoms with E-state index in [-0.39, 0.29) is 11.6 Å². The molecular formula is C14H13FO. The van der Waals surface area contributed by atoms with Crippen molar-refractivity contribution in [3.05, 3.63) is 59.9 Å². The first kappa shape index (κ1) is 10.7. The third kappa shape index (κ3) is 2.22. The molecule has 0 aromatic heterocycles. The van der Waals surface area contributed by atoms with Crippen LogP contribution in [0.1, 0.15) is 12.5 Å². The summed E-state index contributed by atoms with van der Waals surface area (Å²) in [5, 5.41) is 0. The molecule has 0 aliphatic heterocycles. The van der Waals surface area contributed by atoms with E-state index < -0.39 is 0 Å². The number of aryl methyl sites for hydroxylation is 1. The lowest BCUT2D eigenvalue weighted by molar-refractivity contribution is 0.439. The molecule has 2 heteroatoms. The first-order valence-corrected chi connectivity index (χ1v) is 5.31. The summed E-state index contributed by atoms with van der Waals surface area (Å²) in [6.07, 6.45) is 0.665. The fraction of sp³-hybridized carbons (Fsp3) is 0.143. The summed E-state index contributed by atoms with van der Waals surface area (Å²) in [6.45, 7) is 1.92. The summed E-state index contributed by atoms with van der Waals surface area (Å²) in [7, 11) is 0. The van der Waals surface area contributed by atoms with Crippen molar-refractivity contribution in [1.82, 2.24) is 0 Å². The van der Waals surface area contributed by atoms with Crippen LogP contribution in [0.15, 0.2) is 48.5 Å². The quantitative estimate of drug-likeness (QED) is 0.747. The monoisotopic (exact) mass is 216 g/mol. The van der Waals surface area contributed by atoms with Crippen LogP contribution in [0.3, 0.4) is 0 Å². The Labute approximate surface area is 94.5 Å². The Morgan fingerprint density at radius 3 is 2.44 bits per heavy atom. The largest absolute Gasteiger partial charge is 0.454 e. The molecule has 2 aromatic carbocycles. The minimum atomic E-state index is -0.270. The van der Waals surface area contributed by atoms with E-state index in [0.29, 0.717) is 17.7 Å². The predicted octanol–water partition coefficient (Wildman–Crippen LogP) is 4.18. The summed E-state index contributed by atoms with van der Waals surface area (Å²) < 4.78 is 19.3. The maximum absolute atomic E-state index is 13.8. The van der Waals surface area contributed by atoms with Gasteiger partial charge in [-0.25, -0.2) is 4.39 Å². The summed E-state index contributed by atoms with van der Waals surface area (Å²) >= 11 is 0. The summed E-state index contributed by atoms with van der Waals surface area (Å²) in [6, 6.07) is 14.4. The second-order valence-corrected chi connectivity index (χ2v) is 3.50. The van der Waals surface area contributed by atoms with E-state index in [9.17, 15) is 4.39 Å². The van der Waals surface area contributed by atoms with Gasteiger partial charge in [-0.05, 0) is 30.2 Å². The van der Waals surface area contributed by atoms with Crippen LogP contribution in [0.5, 0.6) is 11.5 Å². The van der Waals surface area contributed by atoms with Crippen LogP contribution >= 0.6 is 0 Å². The zero-order valence-corrected chi connectivity index (χ0v) is 9.11. The van der Waals surface area contributed by atoms with Crippen LogP contribution < -0.4 is 4.74 Å². The average Bonchev–Trinajstić information content (AvgIpc) is 2.33. The molecular weight excluding hydrogens is 203 g/mol.